The standard InChI is InChI=1S/C18H16IN3O5/c19-15-4-2-1-3-14(15)18(26)20-10-16(23)22-21-9-12-5-7-13(8-6-12)27-11-17(24)25/h1-9H,10-11H2,(H,20,26)(H,22,23)(H,24,25). The maximum absolute atomic E-state index is 12.0. The molecule has 0 saturated carbocycles. The van der Waals surface area contributed by atoms with Crippen LogP contribution in [-0.2, 0) is 9.59 Å². The Hall–Kier alpha value is -2.95. The molecule has 2 rings (SSSR count). The van der Waals surface area contributed by atoms with Gasteiger partial charge in [0.15, 0.2) is 6.61 Å². The van der Waals surface area contributed by atoms with Gasteiger partial charge in [0.25, 0.3) is 11.8 Å². The highest BCUT2D eigenvalue weighted by molar-refractivity contribution is 14.1. The zero-order valence-corrected chi connectivity index (χ0v) is 16.2. The van der Waals surface area contributed by atoms with E-state index in [1.165, 1.54) is 6.21 Å². The zero-order chi connectivity index (χ0) is 19.6. The van der Waals surface area contributed by atoms with Crippen molar-refractivity contribution in [3.63, 3.8) is 0 Å². The highest BCUT2D eigenvalue weighted by Gasteiger charge is 2.10. The van der Waals surface area contributed by atoms with Crippen molar-refractivity contribution >= 4 is 46.6 Å². The molecule has 3 N–H and O–H groups in total. The molecule has 0 fully saturated rings. The van der Waals surface area contributed by atoms with E-state index in [1.54, 1.807) is 42.5 Å². The van der Waals surface area contributed by atoms with Gasteiger partial charge < -0.3 is 15.2 Å². The molecule has 0 aliphatic heterocycles. The summed E-state index contributed by atoms with van der Waals surface area (Å²) in [4.78, 5) is 34.2. The second-order valence-electron chi connectivity index (χ2n) is 5.21. The van der Waals surface area contributed by atoms with E-state index < -0.39 is 18.5 Å². The van der Waals surface area contributed by atoms with Crippen LogP contribution in [0.3, 0.4) is 0 Å². The number of hydrogen-bond acceptors (Lipinski definition) is 5. The van der Waals surface area contributed by atoms with Crippen LogP contribution in [0.2, 0.25) is 0 Å². The van der Waals surface area contributed by atoms with E-state index >= 15 is 0 Å². The summed E-state index contributed by atoms with van der Waals surface area (Å²) < 4.78 is 5.80. The second-order valence-corrected chi connectivity index (χ2v) is 6.37. The fourth-order valence-electron chi connectivity index (χ4n) is 1.91. The number of aliphatic carboxylic acids is 1. The van der Waals surface area contributed by atoms with Crippen LogP contribution in [0.5, 0.6) is 5.75 Å². The molecular formula is C18H16IN3O5. The van der Waals surface area contributed by atoms with Crippen molar-refractivity contribution < 1.29 is 24.2 Å². The molecule has 0 atom stereocenters. The number of carbonyl (C=O) groups excluding carboxylic acids is 2. The number of carboxylic acid groups (broad SMARTS) is 1. The molecular weight excluding hydrogens is 465 g/mol. The third-order valence-corrected chi connectivity index (χ3v) is 4.11. The van der Waals surface area contributed by atoms with E-state index in [0.717, 1.165) is 3.57 Å². The number of hydrogen-bond donors (Lipinski definition) is 3. The first-order valence-corrected chi connectivity index (χ1v) is 8.83. The molecule has 140 valence electrons. The molecule has 0 radical (unpaired) electrons. The molecule has 0 spiro atoms. The summed E-state index contributed by atoms with van der Waals surface area (Å²) in [6, 6.07) is 13.6. The molecule has 2 amide bonds. The third kappa shape index (κ3) is 7.05. The van der Waals surface area contributed by atoms with Crippen LogP contribution in [0.25, 0.3) is 0 Å². The lowest BCUT2D eigenvalue weighted by Crippen LogP contribution is -2.35. The van der Waals surface area contributed by atoms with E-state index in [1.807, 2.05) is 28.7 Å². The number of amides is 2. The lowest BCUT2D eigenvalue weighted by Gasteiger charge is -2.06. The van der Waals surface area contributed by atoms with Crippen LogP contribution < -0.4 is 15.5 Å². The number of halogens is 1. The summed E-state index contributed by atoms with van der Waals surface area (Å²) in [5.41, 5.74) is 3.49. The van der Waals surface area contributed by atoms with Crippen LogP contribution >= 0.6 is 22.6 Å². The fourth-order valence-corrected chi connectivity index (χ4v) is 2.55. The maximum atomic E-state index is 12.0. The predicted molar refractivity (Wildman–Crippen MR) is 107 cm³/mol. The SMILES string of the molecule is O=C(O)COc1ccc(C=NNC(=O)CNC(=O)c2ccccc2I)cc1. The van der Waals surface area contributed by atoms with Gasteiger partial charge in [-0.15, -0.1) is 0 Å². The van der Waals surface area contributed by atoms with Gasteiger partial charge in [-0.3, -0.25) is 9.59 Å². The molecule has 0 unspecified atom stereocenters. The normalized spacial score (nSPS) is 10.4. The average Bonchev–Trinajstić information content (AvgIpc) is 2.66. The van der Waals surface area contributed by atoms with Gasteiger partial charge in [-0.05, 0) is 64.6 Å². The van der Waals surface area contributed by atoms with Gasteiger partial charge in [0.2, 0.25) is 0 Å². The van der Waals surface area contributed by atoms with E-state index in [-0.39, 0.29) is 12.5 Å². The second kappa shape index (κ2) is 10.3. The minimum absolute atomic E-state index is 0.205. The number of carbonyl (C=O) groups is 3. The first-order chi connectivity index (χ1) is 13.0. The average molecular weight is 481 g/mol. The van der Waals surface area contributed by atoms with Crippen LogP contribution in [0.15, 0.2) is 53.6 Å². The minimum Gasteiger partial charge on any atom is -0.482 e. The van der Waals surface area contributed by atoms with E-state index in [4.69, 9.17) is 9.84 Å². The van der Waals surface area contributed by atoms with E-state index in [9.17, 15) is 14.4 Å². The Bertz CT molecular complexity index is 852. The summed E-state index contributed by atoms with van der Waals surface area (Å²) in [5.74, 6) is -1.45. The van der Waals surface area contributed by atoms with Crippen molar-refractivity contribution in [3.05, 3.63) is 63.2 Å². The van der Waals surface area contributed by atoms with Crippen molar-refractivity contribution in [3.8, 4) is 5.75 Å². The highest BCUT2D eigenvalue weighted by atomic mass is 127. The quantitative estimate of drug-likeness (QED) is 0.301. The van der Waals surface area contributed by atoms with Gasteiger partial charge in [-0.2, -0.15) is 5.10 Å². The van der Waals surface area contributed by atoms with Crippen LogP contribution in [0.4, 0.5) is 0 Å². The minimum atomic E-state index is -1.06. The lowest BCUT2D eigenvalue weighted by atomic mass is 10.2. The van der Waals surface area contributed by atoms with Crippen LogP contribution in [-0.4, -0.2) is 42.3 Å². The number of ether oxygens (including phenoxy) is 1. The predicted octanol–water partition coefficient (Wildman–Crippen LogP) is 1.63. The fraction of sp³-hybridized carbons (Fsp3) is 0.111. The molecule has 0 aliphatic rings. The Labute approximate surface area is 168 Å². The van der Waals surface area contributed by atoms with E-state index in [0.29, 0.717) is 16.9 Å². The Kier molecular flexibility index (Phi) is 7.74. The van der Waals surface area contributed by atoms with Crippen LogP contribution in [0, 0.1) is 3.57 Å². The summed E-state index contributed by atoms with van der Waals surface area (Å²) in [6.45, 7) is -0.625. The number of carboxylic acids is 1. The summed E-state index contributed by atoms with van der Waals surface area (Å²) in [5, 5.41) is 14.9. The van der Waals surface area contributed by atoms with Crippen molar-refractivity contribution in [1.29, 1.82) is 0 Å². The first kappa shape index (κ1) is 20.4. The molecule has 0 aliphatic carbocycles. The van der Waals surface area contributed by atoms with Gasteiger partial charge in [-0.1, -0.05) is 12.1 Å². The van der Waals surface area contributed by atoms with Crippen molar-refractivity contribution in [2.75, 3.05) is 13.2 Å². The largest absolute Gasteiger partial charge is 0.482 e. The molecule has 2 aromatic rings. The van der Waals surface area contributed by atoms with Crippen molar-refractivity contribution in [2.45, 2.75) is 0 Å². The summed E-state index contributed by atoms with van der Waals surface area (Å²) in [6.07, 6.45) is 1.42. The Morgan fingerprint density at radius 2 is 1.81 bits per heavy atom. The summed E-state index contributed by atoms with van der Waals surface area (Å²) in [7, 11) is 0. The number of nitrogens with zero attached hydrogens (tertiary/aromatic N) is 1. The van der Waals surface area contributed by atoms with Gasteiger partial charge in [0.05, 0.1) is 18.3 Å². The molecule has 8 nitrogen and oxygen atoms in total. The number of benzene rings is 2. The molecule has 2 aromatic carbocycles. The number of rotatable bonds is 8. The smallest absolute Gasteiger partial charge is 0.341 e. The molecule has 0 aromatic heterocycles. The Morgan fingerprint density at radius 1 is 1.11 bits per heavy atom. The molecule has 0 heterocycles. The van der Waals surface area contributed by atoms with Crippen molar-refractivity contribution in [1.82, 2.24) is 10.7 Å². The third-order valence-electron chi connectivity index (χ3n) is 3.17. The highest BCUT2D eigenvalue weighted by Crippen LogP contribution is 2.11. The van der Waals surface area contributed by atoms with Crippen LogP contribution in [0.1, 0.15) is 15.9 Å². The first-order valence-electron chi connectivity index (χ1n) is 7.75. The van der Waals surface area contributed by atoms with Crippen molar-refractivity contribution in [2.24, 2.45) is 5.10 Å². The van der Waals surface area contributed by atoms with Gasteiger partial charge in [0.1, 0.15) is 5.75 Å². The number of nitrogens with one attached hydrogen (secondary N) is 2. The lowest BCUT2D eigenvalue weighted by molar-refractivity contribution is -0.139. The monoisotopic (exact) mass is 481 g/mol. The van der Waals surface area contributed by atoms with Gasteiger partial charge in [-0.25, -0.2) is 10.2 Å². The molecule has 0 saturated heterocycles. The van der Waals surface area contributed by atoms with Gasteiger partial charge in [0, 0.05) is 3.57 Å². The summed E-state index contributed by atoms with van der Waals surface area (Å²) >= 11 is 2.05. The molecule has 9 heteroatoms. The number of hydrazone groups is 1. The Balaban J connectivity index is 1.77. The van der Waals surface area contributed by atoms with E-state index in [2.05, 4.69) is 15.8 Å². The van der Waals surface area contributed by atoms with Gasteiger partial charge >= 0.3 is 5.97 Å². The maximum Gasteiger partial charge on any atom is 0.341 e. The molecule has 27 heavy (non-hydrogen) atoms. The topological polar surface area (TPSA) is 117 Å². The molecule has 0 bridgehead atoms. The zero-order valence-electron chi connectivity index (χ0n) is 14.0. The Morgan fingerprint density at radius 3 is 2.48 bits per heavy atom.